The van der Waals surface area contributed by atoms with Gasteiger partial charge in [0, 0.05) is 5.69 Å². The second-order valence-electron chi connectivity index (χ2n) is 6.08. The molecule has 0 aromatic heterocycles. The predicted molar refractivity (Wildman–Crippen MR) is 112 cm³/mol. The maximum atomic E-state index is 5.55. The Bertz CT molecular complexity index is 846. The van der Waals surface area contributed by atoms with Crippen molar-refractivity contribution < 1.29 is 4.74 Å². The molecule has 3 aromatic carbocycles. The van der Waals surface area contributed by atoms with Gasteiger partial charge in [-0.15, -0.1) is 0 Å². The maximum absolute atomic E-state index is 5.55. The molecule has 3 aromatic rings. The standard InChI is InChI=1S/C22H22N2OS/c1-16-8-10-18(11-9-16)21(17-6-4-3-5-7-17)24-22(26)23-19-12-14-20(25-2)15-13-19/h3-15,21H,1-2H3,(H2,23,24,26). The Morgan fingerprint density at radius 3 is 2.08 bits per heavy atom. The van der Waals surface area contributed by atoms with Gasteiger partial charge in [0.15, 0.2) is 5.11 Å². The van der Waals surface area contributed by atoms with Crippen LogP contribution in [0.5, 0.6) is 5.75 Å². The lowest BCUT2D eigenvalue weighted by molar-refractivity contribution is 0.415. The van der Waals surface area contributed by atoms with Gasteiger partial charge < -0.3 is 15.4 Å². The Morgan fingerprint density at radius 1 is 0.846 bits per heavy atom. The van der Waals surface area contributed by atoms with Crippen molar-refractivity contribution in [3.63, 3.8) is 0 Å². The van der Waals surface area contributed by atoms with E-state index >= 15 is 0 Å². The second-order valence-corrected chi connectivity index (χ2v) is 6.49. The van der Waals surface area contributed by atoms with Crippen molar-refractivity contribution >= 4 is 23.0 Å². The minimum absolute atomic E-state index is 0.0185. The first kappa shape index (κ1) is 18.0. The van der Waals surface area contributed by atoms with Crippen LogP contribution in [0.15, 0.2) is 78.9 Å². The highest BCUT2D eigenvalue weighted by Crippen LogP contribution is 2.23. The van der Waals surface area contributed by atoms with E-state index in [1.54, 1.807) is 7.11 Å². The number of hydrogen-bond donors (Lipinski definition) is 2. The van der Waals surface area contributed by atoms with Gasteiger partial charge in [0.2, 0.25) is 0 Å². The summed E-state index contributed by atoms with van der Waals surface area (Å²) in [6, 6.07) is 26.5. The molecule has 0 heterocycles. The topological polar surface area (TPSA) is 33.3 Å². The third kappa shape index (κ3) is 4.61. The number of hydrogen-bond acceptors (Lipinski definition) is 2. The molecular formula is C22H22N2OS. The molecule has 0 aliphatic heterocycles. The van der Waals surface area contributed by atoms with Gasteiger partial charge in [0.25, 0.3) is 0 Å². The smallest absolute Gasteiger partial charge is 0.171 e. The van der Waals surface area contributed by atoms with E-state index in [4.69, 9.17) is 17.0 Å². The summed E-state index contributed by atoms with van der Waals surface area (Å²) in [5, 5.41) is 7.25. The summed E-state index contributed by atoms with van der Waals surface area (Å²) >= 11 is 5.55. The zero-order chi connectivity index (χ0) is 18.4. The molecule has 2 N–H and O–H groups in total. The maximum Gasteiger partial charge on any atom is 0.171 e. The van der Waals surface area contributed by atoms with Gasteiger partial charge in [-0.25, -0.2) is 0 Å². The van der Waals surface area contributed by atoms with Crippen molar-refractivity contribution in [3.05, 3.63) is 95.6 Å². The number of aryl methyl sites for hydroxylation is 1. The Kier molecular flexibility index (Phi) is 5.87. The van der Waals surface area contributed by atoms with Gasteiger partial charge >= 0.3 is 0 Å². The zero-order valence-electron chi connectivity index (χ0n) is 14.9. The molecule has 0 aliphatic rings. The highest BCUT2D eigenvalue weighted by molar-refractivity contribution is 7.80. The average Bonchev–Trinajstić information content (AvgIpc) is 2.68. The van der Waals surface area contributed by atoms with E-state index in [0.29, 0.717) is 5.11 Å². The van der Waals surface area contributed by atoms with Gasteiger partial charge in [0.1, 0.15) is 5.75 Å². The fraction of sp³-hybridized carbons (Fsp3) is 0.136. The van der Waals surface area contributed by atoms with E-state index in [1.807, 2.05) is 42.5 Å². The molecule has 4 heteroatoms. The molecule has 0 saturated carbocycles. The van der Waals surface area contributed by atoms with Crippen molar-refractivity contribution in [2.75, 3.05) is 12.4 Å². The summed E-state index contributed by atoms with van der Waals surface area (Å²) in [4.78, 5) is 0. The minimum Gasteiger partial charge on any atom is -0.497 e. The third-order valence-corrected chi connectivity index (χ3v) is 4.39. The van der Waals surface area contributed by atoms with E-state index in [2.05, 4.69) is 54.0 Å². The largest absolute Gasteiger partial charge is 0.497 e. The average molecular weight is 362 g/mol. The van der Waals surface area contributed by atoms with Crippen LogP contribution in [0.2, 0.25) is 0 Å². The fourth-order valence-corrected chi connectivity index (χ4v) is 2.97. The van der Waals surface area contributed by atoms with Crippen LogP contribution in [-0.4, -0.2) is 12.2 Å². The van der Waals surface area contributed by atoms with E-state index in [1.165, 1.54) is 11.1 Å². The number of nitrogens with one attached hydrogen (secondary N) is 2. The lowest BCUT2D eigenvalue weighted by Crippen LogP contribution is -2.33. The van der Waals surface area contributed by atoms with Gasteiger partial charge in [-0.3, -0.25) is 0 Å². The summed E-state index contributed by atoms with van der Waals surface area (Å²) in [7, 11) is 1.65. The van der Waals surface area contributed by atoms with Crippen LogP contribution in [0, 0.1) is 6.92 Å². The molecular weight excluding hydrogens is 340 g/mol. The van der Waals surface area contributed by atoms with Crippen LogP contribution in [0.25, 0.3) is 0 Å². The van der Waals surface area contributed by atoms with Crippen LogP contribution >= 0.6 is 12.2 Å². The van der Waals surface area contributed by atoms with Gasteiger partial charge in [-0.2, -0.15) is 0 Å². The van der Waals surface area contributed by atoms with E-state index in [-0.39, 0.29) is 6.04 Å². The fourth-order valence-electron chi connectivity index (χ4n) is 2.74. The Hall–Kier alpha value is -2.85. The quantitative estimate of drug-likeness (QED) is 0.620. The second kappa shape index (κ2) is 8.50. The number of anilines is 1. The van der Waals surface area contributed by atoms with Crippen LogP contribution in [0.4, 0.5) is 5.69 Å². The third-order valence-electron chi connectivity index (χ3n) is 4.17. The first-order valence-corrected chi connectivity index (χ1v) is 8.89. The Labute approximate surface area is 160 Å². The van der Waals surface area contributed by atoms with Crippen molar-refractivity contribution in [1.82, 2.24) is 5.32 Å². The molecule has 0 radical (unpaired) electrons. The molecule has 3 rings (SSSR count). The number of ether oxygens (including phenoxy) is 1. The Balaban J connectivity index is 1.78. The summed E-state index contributed by atoms with van der Waals surface area (Å²) < 4.78 is 5.19. The Morgan fingerprint density at radius 2 is 1.46 bits per heavy atom. The molecule has 0 aliphatic carbocycles. The number of thiocarbonyl (C=S) groups is 1. The van der Waals surface area contributed by atoms with Crippen LogP contribution in [-0.2, 0) is 0 Å². The van der Waals surface area contributed by atoms with Crippen molar-refractivity contribution in [3.8, 4) is 5.75 Å². The minimum atomic E-state index is -0.0185. The summed E-state index contributed by atoms with van der Waals surface area (Å²) in [5.74, 6) is 0.816. The lowest BCUT2D eigenvalue weighted by atomic mass is 9.98. The number of benzene rings is 3. The monoisotopic (exact) mass is 362 g/mol. The normalized spacial score (nSPS) is 11.5. The summed E-state index contributed by atoms with van der Waals surface area (Å²) in [5.41, 5.74) is 4.48. The zero-order valence-corrected chi connectivity index (χ0v) is 15.7. The van der Waals surface area contributed by atoms with E-state index in [9.17, 15) is 0 Å². The van der Waals surface area contributed by atoms with Crippen molar-refractivity contribution in [2.24, 2.45) is 0 Å². The van der Waals surface area contributed by atoms with Gasteiger partial charge in [-0.05, 0) is 54.5 Å². The number of methoxy groups -OCH3 is 1. The van der Waals surface area contributed by atoms with Crippen molar-refractivity contribution in [2.45, 2.75) is 13.0 Å². The molecule has 0 amide bonds. The first-order chi connectivity index (χ1) is 12.7. The molecule has 0 fully saturated rings. The molecule has 3 nitrogen and oxygen atoms in total. The first-order valence-electron chi connectivity index (χ1n) is 8.49. The number of rotatable bonds is 5. The molecule has 0 spiro atoms. The van der Waals surface area contributed by atoms with E-state index < -0.39 is 0 Å². The molecule has 0 bridgehead atoms. The van der Waals surface area contributed by atoms with E-state index in [0.717, 1.165) is 17.0 Å². The van der Waals surface area contributed by atoms with Crippen LogP contribution < -0.4 is 15.4 Å². The summed E-state index contributed by atoms with van der Waals surface area (Å²) in [6.07, 6.45) is 0. The molecule has 26 heavy (non-hydrogen) atoms. The molecule has 132 valence electrons. The van der Waals surface area contributed by atoms with Crippen LogP contribution in [0.1, 0.15) is 22.7 Å². The summed E-state index contributed by atoms with van der Waals surface area (Å²) in [6.45, 7) is 2.09. The van der Waals surface area contributed by atoms with Crippen LogP contribution in [0.3, 0.4) is 0 Å². The van der Waals surface area contributed by atoms with Crippen molar-refractivity contribution in [1.29, 1.82) is 0 Å². The molecule has 0 saturated heterocycles. The predicted octanol–water partition coefficient (Wildman–Crippen LogP) is 5.08. The van der Waals surface area contributed by atoms with Gasteiger partial charge in [0.05, 0.1) is 13.2 Å². The molecule has 1 atom stereocenters. The SMILES string of the molecule is COc1ccc(NC(=S)NC(c2ccccc2)c2ccc(C)cc2)cc1. The molecule has 1 unspecified atom stereocenters. The van der Waals surface area contributed by atoms with Gasteiger partial charge in [-0.1, -0.05) is 60.2 Å². The lowest BCUT2D eigenvalue weighted by Gasteiger charge is -2.22. The highest BCUT2D eigenvalue weighted by Gasteiger charge is 2.15. The highest BCUT2D eigenvalue weighted by atomic mass is 32.1.